The molecule has 1 atom stereocenters. The highest BCUT2D eigenvalue weighted by Crippen LogP contribution is 2.20. The van der Waals surface area contributed by atoms with E-state index < -0.39 is 42.6 Å². The van der Waals surface area contributed by atoms with Crippen molar-refractivity contribution in [2.45, 2.75) is 32.6 Å². The zero-order valence-corrected chi connectivity index (χ0v) is 7.16. The van der Waals surface area contributed by atoms with Crippen LogP contribution in [-0.2, 0) is 9.53 Å². The first-order valence-corrected chi connectivity index (χ1v) is 3.32. The molecule has 0 saturated carbocycles. The molecule has 0 aliphatic heterocycles. The maximum Gasteiger partial charge on any atom is 0.308 e. The van der Waals surface area contributed by atoms with E-state index in [4.69, 9.17) is 11.0 Å². The van der Waals surface area contributed by atoms with Gasteiger partial charge in [0.05, 0.1) is 17.1 Å². The number of esters is 1. The third-order valence-corrected chi connectivity index (χ3v) is 1.29. The van der Waals surface area contributed by atoms with E-state index >= 15 is 0 Å². The van der Waals surface area contributed by atoms with Crippen molar-refractivity contribution < 1.29 is 25.4 Å². The minimum absolute atomic E-state index is 0.800. The van der Waals surface area contributed by atoms with Crippen LogP contribution in [-0.4, -0.2) is 23.5 Å². The van der Waals surface area contributed by atoms with Gasteiger partial charge in [0.25, 0.3) is 0 Å². The van der Waals surface area contributed by atoms with Gasteiger partial charge in [-0.15, -0.1) is 0 Å². The van der Waals surface area contributed by atoms with Gasteiger partial charge in [-0.2, -0.15) is 0 Å². The molecule has 0 bridgehead atoms. The zero-order valence-electron chi connectivity index (χ0n) is 15.2. The van der Waals surface area contributed by atoms with E-state index in [0.717, 1.165) is 13.8 Å². The number of ether oxygens (including phenoxy) is 1. The standard InChI is InChI=1S/C8H15NO4/c1-6(7(10)13-4)5-8(2,3)9(11)12/h6H,5H2,1-4H3/i1D3,4D3,5D2. The van der Waals surface area contributed by atoms with Crippen LogP contribution in [0.4, 0.5) is 0 Å². The van der Waals surface area contributed by atoms with Crippen molar-refractivity contribution in [1.29, 1.82) is 0 Å². The molecule has 76 valence electrons. The average molecular weight is 197 g/mol. The molecular weight excluding hydrogens is 174 g/mol. The highest BCUT2D eigenvalue weighted by atomic mass is 16.6. The summed E-state index contributed by atoms with van der Waals surface area (Å²) in [6.45, 7) is -1.72. The summed E-state index contributed by atoms with van der Waals surface area (Å²) in [7, 11) is -3.28. The molecule has 0 aromatic carbocycles. The number of nitro groups is 1. The topological polar surface area (TPSA) is 69.4 Å². The lowest BCUT2D eigenvalue weighted by Crippen LogP contribution is -2.35. The monoisotopic (exact) mass is 197 g/mol. The lowest BCUT2D eigenvalue weighted by Gasteiger charge is -2.18. The highest BCUT2D eigenvalue weighted by Gasteiger charge is 2.35. The Morgan fingerprint density at radius 1 is 1.85 bits per heavy atom. The molecule has 0 saturated heterocycles. The smallest absolute Gasteiger partial charge is 0.308 e. The van der Waals surface area contributed by atoms with Gasteiger partial charge in [-0.05, 0) is 0 Å². The first-order chi connectivity index (χ1) is 8.94. The predicted molar refractivity (Wildman–Crippen MR) is 46.9 cm³/mol. The summed E-state index contributed by atoms with van der Waals surface area (Å²) in [6.07, 6.45) is -3.18. The average Bonchev–Trinajstić information content (AvgIpc) is 2.09. The molecule has 0 aliphatic rings. The van der Waals surface area contributed by atoms with Gasteiger partial charge in [-0.3, -0.25) is 14.9 Å². The summed E-state index contributed by atoms with van der Waals surface area (Å²) in [5.74, 6) is -4.50. The van der Waals surface area contributed by atoms with Crippen LogP contribution in [0.25, 0.3) is 0 Å². The quantitative estimate of drug-likeness (QED) is 0.386. The maximum atomic E-state index is 11.7. The molecule has 0 aromatic heterocycles. The van der Waals surface area contributed by atoms with Gasteiger partial charge in [0.2, 0.25) is 5.54 Å². The molecule has 0 spiro atoms. The van der Waals surface area contributed by atoms with Crippen LogP contribution in [0.2, 0.25) is 0 Å². The highest BCUT2D eigenvalue weighted by molar-refractivity contribution is 5.71. The van der Waals surface area contributed by atoms with Crippen molar-refractivity contribution in [2.24, 2.45) is 5.92 Å². The second-order valence-electron chi connectivity index (χ2n) is 2.81. The summed E-state index contributed by atoms with van der Waals surface area (Å²) in [4.78, 5) is 21.6. The molecule has 0 heterocycles. The Balaban J connectivity index is 5.86. The lowest BCUT2D eigenvalue weighted by molar-refractivity contribution is -0.562. The molecule has 5 nitrogen and oxygen atoms in total. The second-order valence-corrected chi connectivity index (χ2v) is 2.81. The minimum Gasteiger partial charge on any atom is -0.469 e. The summed E-state index contributed by atoms with van der Waals surface area (Å²) >= 11 is 0. The van der Waals surface area contributed by atoms with E-state index in [1.165, 1.54) is 0 Å². The Morgan fingerprint density at radius 2 is 2.46 bits per heavy atom. The van der Waals surface area contributed by atoms with E-state index in [2.05, 4.69) is 4.74 Å². The van der Waals surface area contributed by atoms with Gasteiger partial charge >= 0.3 is 5.97 Å². The van der Waals surface area contributed by atoms with Crippen molar-refractivity contribution in [1.82, 2.24) is 0 Å². The molecule has 0 aliphatic carbocycles. The van der Waals surface area contributed by atoms with Gasteiger partial charge in [0, 0.05) is 32.0 Å². The Hall–Kier alpha value is -1.13. The molecule has 0 aromatic rings. The Labute approximate surface area is 88.5 Å². The largest absolute Gasteiger partial charge is 0.469 e. The Kier molecular flexibility index (Phi) is 1.27. The van der Waals surface area contributed by atoms with Crippen molar-refractivity contribution >= 4 is 5.97 Å². The lowest BCUT2D eigenvalue weighted by atomic mass is 9.92. The Bertz CT molecular complexity index is 427. The molecule has 1 unspecified atom stereocenters. The molecule has 13 heavy (non-hydrogen) atoms. The van der Waals surface area contributed by atoms with Crippen LogP contribution in [0.3, 0.4) is 0 Å². The minimum atomic E-state index is -3.32. The van der Waals surface area contributed by atoms with E-state index in [1.54, 1.807) is 0 Å². The fourth-order valence-corrected chi connectivity index (χ4v) is 0.524. The van der Waals surface area contributed by atoms with Crippen LogP contribution in [0.15, 0.2) is 0 Å². The molecular formula is C8H15NO4. The van der Waals surface area contributed by atoms with Crippen molar-refractivity contribution in [3.05, 3.63) is 10.1 Å². The summed E-state index contributed by atoms with van der Waals surface area (Å²) in [6, 6.07) is 0. The van der Waals surface area contributed by atoms with Crippen LogP contribution < -0.4 is 0 Å². The first kappa shape index (κ1) is 3.94. The van der Waals surface area contributed by atoms with Crippen LogP contribution in [0, 0.1) is 16.0 Å². The van der Waals surface area contributed by atoms with Gasteiger partial charge < -0.3 is 4.74 Å². The van der Waals surface area contributed by atoms with Crippen molar-refractivity contribution in [2.75, 3.05) is 7.04 Å². The van der Waals surface area contributed by atoms with Crippen molar-refractivity contribution in [3.63, 3.8) is 0 Å². The van der Waals surface area contributed by atoms with Crippen LogP contribution in [0.1, 0.15) is 38.0 Å². The SMILES string of the molecule is [2H]C([2H])([2H])OC(=O)C(C([2H])([2H])[2H])C([2H])([2H])C(C)(C)[N+](=O)[O-]. The van der Waals surface area contributed by atoms with Crippen LogP contribution >= 0.6 is 0 Å². The molecule has 0 fully saturated rings. The molecule has 0 rings (SSSR count). The third-order valence-electron chi connectivity index (χ3n) is 1.29. The van der Waals surface area contributed by atoms with E-state index in [1.807, 2.05) is 0 Å². The molecule has 0 radical (unpaired) electrons. The Morgan fingerprint density at radius 3 is 2.85 bits per heavy atom. The summed E-state index contributed by atoms with van der Waals surface area (Å²) < 4.78 is 61.1. The number of nitrogens with zero attached hydrogens (tertiary/aromatic N) is 1. The summed E-state index contributed by atoms with van der Waals surface area (Å²) in [5, 5.41) is 10.9. The number of carbonyl (C=O) groups is 1. The number of carbonyl (C=O) groups excluding carboxylic acids is 1. The molecule has 5 heteroatoms. The van der Waals surface area contributed by atoms with E-state index in [9.17, 15) is 14.9 Å². The van der Waals surface area contributed by atoms with Crippen LogP contribution in [0.5, 0.6) is 0 Å². The van der Waals surface area contributed by atoms with E-state index in [0.29, 0.717) is 0 Å². The maximum absolute atomic E-state index is 11.7. The summed E-state index contributed by atoms with van der Waals surface area (Å²) in [5.41, 5.74) is -2.46. The van der Waals surface area contributed by atoms with Gasteiger partial charge in [0.1, 0.15) is 0 Å². The van der Waals surface area contributed by atoms with Gasteiger partial charge in [0.15, 0.2) is 0 Å². The number of hydrogen-bond acceptors (Lipinski definition) is 4. The van der Waals surface area contributed by atoms with Gasteiger partial charge in [-0.1, -0.05) is 6.85 Å². The number of methoxy groups -OCH3 is 1. The molecule has 0 amide bonds. The van der Waals surface area contributed by atoms with Gasteiger partial charge in [-0.25, -0.2) is 0 Å². The first-order valence-electron chi connectivity index (χ1n) is 7.32. The number of hydrogen-bond donors (Lipinski definition) is 0. The normalized spacial score (nSPS) is 25.7. The third kappa shape index (κ3) is 3.40. The molecule has 0 N–H and O–H groups in total. The zero-order chi connectivity index (χ0) is 17.4. The van der Waals surface area contributed by atoms with Crippen molar-refractivity contribution in [3.8, 4) is 0 Å². The fourth-order valence-electron chi connectivity index (χ4n) is 0.524. The predicted octanol–water partition coefficient (Wildman–Crippen LogP) is 1.24. The fraction of sp³-hybridized carbons (Fsp3) is 0.875. The number of rotatable bonds is 4. The van der Waals surface area contributed by atoms with E-state index in [-0.39, 0.29) is 0 Å². The second kappa shape index (κ2) is 4.20.